The summed E-state index contributed by atoms with van der Waals surface area (Å²) < 4.78 is 83.1. The fourth-order valence-electron chi connectivity index (χ4n) is 3.08. The lowest BCUT2D eigenvalue weighted by molar-refractivity contribution is -0.139. The monoisotopic (exact) mass is 478 g/mol. The number of amides is 1. The van der Waals surface area contributed by atoms with Crippen LogP contribution in [0, 0.1) is 0 Å². The van der Waals surface area contributed by atoms with Crippen molar-refractivity contribution in [2.75, 3.05) is 31.1 Å². The number of alkyl halides is 6. The normalized spacial score (nSPS) is 17.1. The highest BCUT2D eigenvalue weighted by atomic mass is 19.4. The number of carbonyl (C=O) groups excluding carboxylic acids is 1. The zero-order chi connectivity index (χ0) is 24.4. The molecule has 0 aliphatic carbocycles. The third-order valence-electron chi connectivity index (χ3n) is 4.66. The topological polar surface area (TPSA) is 104 Å². The van der Waals surface area contributed by atoms with Crippen molar-refractivity contribution in [2.24, 2.45) is 0 Å². The smallest absolute Gasteiger partial charge is 0.421 e. The third kappa shape index (κ3) is 5.40. The van der Waals surface area contributed by atoms with E-state index < -0.39 is 41.2 Å². The Kier molecular flexibility index (Phi) is 6.60. The fraction of sp³-hybridized carbons (Fsp3) is 0.389. The van der Waals surface area contributed by atoms with E-state index in [2.05, 4.69) is 21.6 Å². The van der Waals surface area contributed by atoms with Gasteiger partial charge >= 0.3 is 18.4 Å². The molecule has 1 atom stereocenters. The zero-order valence-electron chi connectivity index (χ0n) is 16.7. The second-order valence-electron chi connectivity index (χ2n) is 6.82. The van der Waals surface area contributed by atoms with Gasteiger partial charge in [0.25, 0.3) is 5.56 Å². The van der Waals surface area contributed by atoms with E-state index in [0.717, 1.165) is 0 Å². The summed E-state index contributed by atoms with van der Waals surface area (Å²) in [4.78, 5) is 33.7. The molecule has 1 N–H and O–H groups in total. The van der Waals surface area contributed by atoms with Crippen molar-refractivity contribution in [3.8, 4) is 0 Å². The number of aromatic nitrogens is 4. The lowest BCUT2D eigenvalue weighted by Gasteiger charge is -2.40. The van der Waals surface area contributed by atoms with Gasteiger partial charge in [0, 0.05) is 25.5 Å². The molecule has 0 spiro atoms. The molecule has 0 bridgehead atoms. The predicted octanol–water partition coefficient (Wildman–Crippen LogP) is 2.78. The number of ether oxygens (including phenoxy) is 1. The molecule has 1 aliphatic rings. The minimum atomic E-state index is -4.99. The van der Waals surface area contributed by atoms with Gasteiger partial charge in [-0.05, 0) is 6.07 Å². The van der Waals surface area contributed by atoms with Crippen LogP contribution in [-0.2, 0) is 17.1 Å². The number of hydrogen-bond donors (Lipinski definition) is 1. The van der Waals surface area contributed by atoms with Crippen LogP contribution in [-0.4, -0.2) is 57.4 Å². The van der Waals surface area contributed by atoms with Gasteiger partial charge in [0.15, 0.2) is 0 Å². The first-order valence-corrected chi connectivity index (χ1v) is 9.27. The summed E-state index contributed by atoms with van der Waals surface area (Å²) in [6, 6.07) is -0.621. The maximum Gasteiger partial charge on any atom is 0.421 e. The average Bonchev–Trinajstić information content (AvgIpc) is 2.76. The van der Waals surface area contributed by atoms with Crippen LogP contribution in [0.15, 0.2) is 35.9 Å². The molecule has 15 heteroatoms. The van der Waals surface area contributed by atoms with Crippen LogP contribution in [0.2, 0.25) is 0 Å². The minimum Gasteiger partial charge on any atom is -0.445 e. The van der Waals surface area contributed by atoms with Crippen molar-refractivity contribution in [1.82, 2.24) is 25.1 Å². The molecular formula is C18H16F6N6O3. The number of nitrogens with one attached hydrogen (secondary N) is 1. The highest BCUT2D eigenvalue weighted by molar-refractivity contribution is 5.68. The first-order valence-electron chi connectivity index (χ1n) is 9.27. The number of carbonyl (C=O) groups is 1. The molecule has 3 rings (SSSR count). The number of halogens is 6. The lowest BCUT2D eigenvalue weighted by Crippen LogP contribution is -2.51. The second kappa shape index (κ2) is 9.07. The van der Waals surface area contributed by atoms with Gasteiger partial charge in [0.1, 0.15) is 12.2 Å². The van der Waals surface area contributed by atoms with E-state index in [1.54, 1.807) is 5.10 Å². The van der Waals surface area contributed by atoms with Gasteiger partial charge < -0.3 is 14.5 Å². The van der Waals surface area contributed by atoms with Gasteiger partial charge in [0.2, 0.25) is 5.95 Å². The summed E-state index contributed by atoms with van der Waals surface area (Å²) >= 11 is 0. The molecule has 1 saturated heterocycles. The number of anilines is 1. The average molecular weight is 478 g/mol. The predicted molar refractivity (Wildman–Crippen MR) is 100 cm³/mol. The van der Waals surface area contributed by atoms with Crippen LogP contribution in [0.25, 0.3) is 0 Å². The Morgan fingerprint density at radius 1 is 1.18 bits per heavy atom. The molecule has 1 amide bonds. The fourth-order valence-corrected chi connectivity index (χ4v) is 3.08. The van der Waals surface area contributed by atoms with Crippen molar-refractivity contribution in [3.63, 3.8) is 0 Å². The molecule has 3 heterocycles. The highest BCUT2D eigenvalue weighted by Crippen LogP contribution is 2.33. The van der Waals surface area contributed by atoms with Gasteiger partial charge in [-0.2, -0.15) is 31.4 Å². The maximum absolute atomic E-state index is 13.2. The maximum atomic E-state index is 13.2. The highest BCUT2D eigenvalue weighted by Gasteiger charge is 2.39. The van der Waals surface area contributed by atoms with Gasteiger partial charge in [-0.3, -0.25) is 4.79 Å². The van der Waals surface area contributed by atoms with Gasteiger partial charge in [0.05, 0.1) is 23.8 Å². The molecule has 2 aromatic rings. The Bertz CT molecular complexity index is 1070. The number of H-pyrrole nitrogens is 1. The minimum absolute atomic E-state index is 0.00629. The molecule has 0 aromatic carbocycles. The van der Waals surface area contributed by atoms with Gasteiger partial charge in [-0.25, -0.2) is 19.9 Å². The molecule has 178 valence electrons. The van der Waals surface area contributed by atoms with Crippen LogP contribution < -0.4 is 10.5 Å². The van der Waals surface area contributed by atoms with E-state index in [-0.39, 0.29) is 37.9 Å². The molecule has 1 aliphatic heterocycles. The van der Waals surface area contributed by atoms with Gasteiger partial charge in [-0.1, -0.05) is 12.7 Å². The molecule has 0 radical (unpaired) electrons. The third-order valence-corrected chi connectivity index (χ3v) is 4.66. The Morgan fingerprint density at radius 3 is 2.42 bits per heavy atom. The number of hydrogen-bond acceptors (Lipinski definition) is 7. The van der Waals surface area contributed by atoms with Crippen LogP contribution in [0.5, 0.6) is 0 Å². The van der Waals surface area contributed by atoms with Crippen LogP contribution >= 0.6 is 0 Å². The zero-order valence-corrected chi connectivity index (χ0v) is 16.7. The Labute approximate surface area is 181 Å². The SMILES string of the molecule is C=CCOC(=O)N1CCN(c2ncc(C(F)(F)F)cn2)C(c2cc(C(F)(F)F)c(=O)[nH]n2)C1. The van der Waals surface area contributed by atoms with Crippen molar-refractivity contribution < 1.29 is 35.9 Å². The van der Waals surface area contributed by atoms with E-state index in [4.69, 9.17) is 4.74 Å². The number of rotatable bonds is 4. The number of piperazine rings is 1. The first kappa shape index (κ1) is 24.0. The van der Waals surface area contributed by atoms with E-state index in [9.17, 15) is 35.9 Å². The van der Waals surface area contributed by atoms with Gasteiger partial charge in [-0.15, -0.1) is 0 Å². The summed E-state index contributed by atoms with van der Waals surface area (Å²) in [6.07, 6.45) is -8.07. The van der Waals surface area contributed by atoms with Crippen molar-refractivity contribution in [3.05, 3.63) is 58.3 Å². The number of nitrogens with zero attached hydrogens (tertiary/aromatic N) is 5. The molecule has 1 fully saturated rings. The van der Waals surface area contributed by atoms with E-state index in [1.807, 2.05) is 0 Å². The van der Waals surface area contributed by atoms with E-state index in [0.29, 0.717) is 18.5 Å². The van der Waals surface area contributed by atoms with Crippen LogP contribution in [0.3, 0.4) is 0 Å². The standard InChI is InChI=1S/C18H16F6N6O3/c1-2-5-33-16(32)29-3-4-30(15-25-7-10(8-26-15)17(19,20)21)13(9-29)12-6-11(18(22,23)24)14(31)28-27-12/h2,6-8,13H,1,3-5,9H2,(H,28,31). The quantitative estimate of drug-likeness (QED) is 0.532. The molecule has 33 heavy (non-hydrogen) atoms. The molecule has 0 saturated carbocycles. The Balaban J connectivity index is 2.00. The van der Waals surface area contributed by atoms with Crippen molar-refractivity contribution >= 4 is 12.0 Å². The molecular weight excluding hydrogens is 462 g/mol. The molecule has 9 nitrogen and oxygen atoms in total. The van der Waals surface area contributed by atoms with Crippen LogP contribution in [0.1, 0.15) is 22.9 Å². The van der Waals surface area contributed by atoms with E-state index in [1.165, 1.54) is 15.9 Å². The van der Waals surface area contributed by atoms with Crippen molar-refractivity contribution in [1.29, 1.82) is 0 Å². The lowest BCUT2D eigenvalue weighted by atomic mass is 10.1. The molecule has 1 unspecified atom stereocenters. The first-order chi connectivity index (χ1) is 15.4. The number of aromatic amines is 1. The summed E-state index contributed by atoms with van der Waals surface area (Å²) in [6.45, 7) is 2.97. The summed E-state index contributed by atoms with van der Waals surface area (Å²) in [5.74, 6) is -0.228. The Hall–Kier alpha value is -3.65. The van der Waals surface area contributed by atoms with Crippen molar-refractivity contribution in [2.45, 2.75) is 18.4 Å². The summed E-state index contributed by atoms with van der Waals surface area (Å²) in [5.41, 5.74) is -4.41. The van der Waals surface area contributed by atoms with Crippen LogP contribution in [0.4, 0.5) is 37.1 Å². The van der Waals surface area contributed by atoms with E-state index >= 15 is 0 Å². The summed E-state index contributed by atoms with van der Waals surface area (Å²) in [5, 5.41) is 5.42. The Morgan fingerprint density at radius 2 is 1.85 bits per heavy atom. The molecule has 2 aromatic heterocycles. The summed E-state index contributed by atoms with van der Waals surface area (Å²) in [7, 11) is 0. The largest absolute Gasteiger partial charge is 0.445 e. The second-order valence-corrected chi connectivity index (χ2v) is 6.82.